The van der Waals surface area contributed by atoms with E-state index in [-0.39, 0.29) is 30.5 Å². The molecule has 0 aromatic carbocycles. The van der Waals surface area contributed by atoms with Gasteiger partial charge in [0.05, 0.1) is 11.3 Å². The SMILES string of the molecule is CCNS(=O)(=O)CCNc1cc(C(F)(F)F)cc(NC)n1. The molecule has 0 atom stereocenters. The highest BCUT2D eigenvalue weighted by Crippen LogP contribution is 2.31. The number of aromatic nitrogens is 1. The summed E-state index contributed by atoms with van der Waals surface area (Å²) in [5.74, 6) is -0.254. The number of nitrogens with zero attached hydrogens (tertiary/aromatic N) is 1. The third kappa shape index (κ3) is 5.76. The molecule has 21 heavy (non-hydrogen) atoms. The van der Waals surface area contributed by atoms with Crippen LogP contribution in [0, 0.1) is 0 Å². The van der Waals surface area contributed by atoms with Crippen molar-refractivity contribution in [3.05, 3.63) is 17.7 Å². The number of halogens is 3. The van der Waals surface area contributed by atoms with Gasteiger partial charge in [-0.1, -0.05) is 6.92 Å². The molecule has 3 N–H and O–H groups in total. The number of sulfonamides is 1. The quantitative estimate of drug-likeness (QED) is 0.707. The fourth-order valence-corrected chi connectivity index (χ4v) is 2.47. The number of hydrogen-bond donors (Lipinski definition) is 3. The smallest absolute Gasteiger partial charge is 0.373 e. The third-order valence-electron chi connectivity index (χ3n) is 2.45. The Labute approximate surface area is 121 Å². The lowest BCUT2D eigenvalue weighted by molar-refractivity contribution is -0.137. The molecular formula is C11H17F3N4O2S. The van der Waals surface area contributed by atoms with Crippen LogP contribution in [-0.4, -0.2) is 39.3 Å². The molecule has 6 nitrogen and oxygen atoms in total. The molecule has 0 unspecified atom stereocenters. The molecule has 0 saturated heterocycles. The van der Waals surface area contributed by atoms with Gasteiger partial charge in [0.15, 0.2) is 0 Å². The molecule has 0 aliphatic carbocycles. The van der Waals surface area contributed by atoms with Crippen LogP contribution < -0.4 is 15.4 Å². The maximum atomic E-state index is 12.7. The molecule has 120 valence electrons. The van der Waals surface area contributed by atoms with Crippen LogP contribution in [0.1, 0.15) is 12.5 Å². The Bertz CT molecular complexity index is 575. The van der Waals surface area contributed by atoms with Crippen LogP contribution in [-0.2, 0) is 16.2 Å². The van der Waals surface area contributed by atoms with Crippen LogP contribution in [0.5, 0.6) is 0 Å². The number of rotatable bonds is 7. The number of nitrogens with one attached hydrogen (secondary N) is 3. The maximum absolute atomic E-state index is 12.7. The molecule has 0 amide bonds. The van der Waals surface area contributed by atoms with Gasteiger partial charge >= 0.3 is 6.18 Å². The van der Waals surface area contributed by atoms with E-state index in [0.29, 0.717) is 0 Å². The minimum Gasteiger partial charge on any atom is -0.373 e. The summed E-state index contributed by atoms with van der Waals surface area (Å²) >= 11 is 0. The summed E-state index contributed by atoms with van der Waals surface area (Å²) in [6.07, 6.45) is -4.50. The highest BCUT2D eigenvalue weighted by Gasteiger charge is 2.31. The van der Waals surface area contributed by atoms with Gasteiger partial charge in [-0.2, -0.15) is 13.2 Å². The van der Waals surface area contributed by atoms with Gasteiger partial charge in [-0.3, -0.25) is 0 Å². The van der Waals surface area contributed by atoms with Gasteiger partial charge in [-0.15, -0.1) is 0 Å². The van der Waals surface area contributed by atoms with Crippen LogP contribution in [0.3, 0.4) is 0 Å². The average Bonchev–Trinajstić information content (AvgIpc) is 2.37. The first kappa shape index (κ1) is 17.5. The van der Waals surface area contributed by atoms with Crippen molar-refractivity contribution in [1.82, 2.24) is 9.71 Å². The average molecular weight is 326 g/mol. The standard InChI is InChI=1S/C11H17F3N4O2S/c1-3-17-21(19,20)5-4-16-10-7-8(11(12,13)14)6-9(15-2)18-10/h6-7,17H,3-5H2,1-2H3,(H2,15,16,18). The summed E-state index contributed by atoms with van der Waals surface area (Å²) in [6, 6.07) is 1.71. The second-order valence-electron chi connectivity index (χ2n) is 4.12. The number of pyridine rings is 1. The molecule has 1 heterocycles. The largest absolute Gasteiger partial charge is 0.416 e. The van der Waals surface area contributed by atoms with E-state index < -0.39 is 21.8 Å². The monoisotopic (exact) mass is 326 g/mol. The van der Waals surface area contributed by atoms with Gasteiger partial charge in [0.2, 0.25) is 10.0 Å². The Morgan fingerprint density at radius 3 is 2.38 bits per heavy atom. The molecule has 0 saturated carbocycles. The van der Waals surface area contributed by atoms with E-state index >= 15 is 0 Å². The number of hydrogen-bond acceptors (Lipinski definition) is 5. The summed E-state index contributed by atoms with van der Waals surface area (Å²) in [6.45, 7) is 1.85. The van der Waals surface area contributed by atoms with Crippen molar-refractivity contribution >= 4 is 21.7 Å². The zero-order valence-corrected chi connectivity index (χ0v) is 12.4. The van der Waals surface area contributed by atoms with E-state index in [9.17, 15) is 21.6 Å². The van der Waals surface area contributed by atoms with Crippen LogP contribution in [0.25, 0.3) is 0 Å². The van der Waals surface area contributed by atoms with E-state index in [0.717, 1.165) is 12.1 Å². The second kappa shape index (κ2) is 6.94. The molecule has 1 aromatic rings. The van der Waals surface area contributed by atoms with E-state index in [1.54, 1.807) is 6.92 Å². The van der Waals surface area contributed by atoms with Crippen molar-refractivity contribution in [3.8, 4) is 0 Å². The van der Waals surface area contributed by atoms with E-state index in [4.69, 9.17) is 0 Å². The molecule has 0 fully saturated rings. The predicted molar refractivity (Wildman–Crippen MR) is 74.7 cm³/mol. The minimum atomic E-state index is -4.50. The normalized spacial score (nSPS) is 12.2. The van der Waals surface area contributed by atoms with Crippen LogP contribution in [0.15, 0.2) is 12.1 Å². The van der Waals surface area contributed by atoms with Crippen molar-refractivity contribution in [2.24, 2.45) is 0 Å². The third-order valence-corrected chi connectivity index (χ3v) is 3.92. The lowest BCUT2D eigenvalue weighted by Crippen LogP contribution is -2.29. The number of alkyl halides is 3. The van der Waals surface area contributed by atoms with Crippen LogP contribution in [0.4, 0.5) is 24.8 Å². The zero-order valence-electron chi connectivity index (χ0n) is 11.6. The van der Waals surface area contributed by atoms with Gasteiger partial charge in [0.1, 0.15) is 11.6 Å². The van der Waals surface area contributed by atoms with E-state index in [1.807, 2.05) is 0 Å². The zero-order chi connectivity index (χ0) is 16.1. The Balaban J connectivity index is 2.80. The molecule has 1 rings (SSSR count). The van der Waals surface area contributed by atoms with Crippen molar-refractivity contribution < 1.29 is 21.6 Å². The molecule has 1 aromatic heterocycles. The summed E-state index contributed by atoms with van der Waals surface area (Å²) in [5, 5.41) is 5.10. The fourth-order valence-electron chi connectivity index (χ4n) is 1.52. The summed E-state index contributed by atoms with van der Waals surface area (Å²) in [7, 11) is -1.99. The molecule has 0 bridgehead atoms. The van der Waals surface area contributed by atoms with Crippen molar-refractivity contribution in [2.75, 3.05) is 36.5 Å². The van der Waals surface area contributed by atoms with Gasteiger partial charge < -0.3 is 10.6 Å². The Morgan fingerprint density at radius 2 is 1.86 bits per heavy atom. The topological polar surface area (TPSA) is 83.1 Å². The first-order valence-electron chi connectivity index (χ1n) is 6.16. The van der Waals surface area contributed by atoms with Gasteiger partial charge in [-0.25, -0.2) is 18.1 Å². The van der Waals surface area contributed by atoms with Gasteiger partial charge in [-0.05, 0) is 12.1 Å². The van der Waals surface area contributed by atoms with Crippen molar-refractivity contribution in [1.29, 1.82) is 0 Å². The van der Waals surface area contributed by atoms with Gasteiger partial charge in [0.25, 0.3) is 0 Å². The molecule has 0 radical (unpaired) electrons. The van der Waals surface area contributed by atoms with Crippen molar-refractivity contribution in [2.45, 2.75) is 13.1 Å². The Hall–Kier alpha value is -1.55. The maximum Gasteiger partial charge on any atom is 0.416 e. The lowest BCUT2D eigenvalue weighted by Gasteiger charge is -2.12. The molecule has 10 heteroatoms. The predicted octanol–water partition coefficient (Wildman–Crippen LogP) is 1.49. The number of anilines is 2. The van der Waals surface area contributed by atoms with Crippen LogP contribution in [0.2, 0.25) is 0 Å². The van der Waals surface area contributed by atoms with Crippen molar-refractivity contribution in [3.63, 3.8) is 0 Å². The summed E-state index contributed by atoms with van der Waals surface area (Å²) in [5.41, 5.74) is -0.862. The lowest BCUT2D eigenvalue weighted by atomic mass is 10.2. The first-order valence-corrected chi connectivity index (χ1v) is 7.81. The van der Waals surface area contributed by atoms with Crippen LogP contribution >= 0.6 is 0 Å². The fraction of sp³-hybridized carbons (Fsp3) is 0.545. The molecule has 0 aliphatic rings. The van der Waals surface area contributed by atoms with E-state index in [2.05, 4.69) is 20.3 Å². The first-order chi connectivity index (χ1) is 9.68. The highest BCUT2D eigenvalue weighted by molar-refractivity contribution is 7.89. The molecule has 0 aliphatic heterocycles. The second-order valence-corrected chi connectivity index (χ2v) is 6.04. The Kier molecular flexibility index (Phi) is 5.78. The highest BCUT2D eigenvalue weighted by atomic mass is 32.2. The molecular weight excluding hydrogens is 309 g/mol. The summed E-state index contributed by atoms with van der Waals surface area (Å²) < 4.78 is 63.2. The minimum absolute atomic E-state index is 0.0409. The molecule has 0 spiro atoms. The Morgan fingerprint density at radius 1 is 1.24 bits per heavy atom. The van der Waals surface area contributed by atoms with Gasteiger partial charge in [0, 0.05) is 20.1 Å². The van der Waals surface area contributed by atoms with E-state index in [1.165, 1.54) is 7.05 Å². The summed E-state index contributed by atoms with van der Waals surface area (Å²) in [4.78, 5) is 3.89.